The molecule has 0 spiro atoms. The second-order valence-corrected chi connectivity index (χ2v) is 8.86. The van der Waals surface area contributed by atoms with E-state index in [1.54, 1.807) is 18.9 Å². The van der Waals surface area contributed by atoms with Gasteiger partial charge in [0.05, 0.1) is 28.0 Å². The Kier molecular flexibility index (Phi) is 5.33. The van der Waals surface area contributed by atoms with Crippen LogP contribution in [0.1, 0.15) is 25.9 Å². The number of carbonyl (C=O) groups excluding carboxylic acids is 1. The minimum Gasteiger partial charge on any atom is -0.334 e. The zero-order chi connectivity index (χ0) is 21.5. The molecule has 2 aromatic heterocycles. The molecule has 2 heterocycles. The van der Waals surface area contributed by atoms with E-state index >= 15 is 0 Å². The molecule has 4 rings (SSSR count). The van der Waals surface area contributed by atoms with Crippen LogP contribution in [0.25, 0.3) is 20.8 Å². The number of halogens is 3. The standard InChI is InChI=1S/C21H16F3N3OS2/c1-12-18(30-19(25-12)13-7-9-14(10-8-13)21(22,23)24)20(28)27(2)11-17-26-15-5-3-4-6-16(15)29-17/h3-10H,11H2,1-2H3. The molecule has 154 valence electrons. The lowest BCUT2D eigenvalue weighted by molar-refractivity contribution is -0.137. The highest BCUT2D eigenvalue weighted by molar-refractivity contribution is 7.18. The molecule has 0 aliphatic rings. The second-order valence-electron chi connectivity index (χ2n) is 6.75. The van der Waals surface area contributed by atoms with Gasteiger partial charge in [0, 0.05) is 12.6 Å². The van der Waals surface area contributed by atoms with E-state index in [-0.39, 0.29) is 5.91 Å². The monoisotopic (exact) mass is 447 g/mol. The fourth-order valence-electron chi connectivity index (χ4n) is 2.96. The molecule has 0 bridgehead atoms. The molecule has 0 saturated carbocycles. The first-order valence-corrected chi connectivity index (χ1v) is 10.6. The Labute approximate surface area is 178 Å². The van der Waals surface area contributed by atoms with Gasteiger partial charge in [0.1, 0.15) is 14.9 Å². The smallest absolute Gasteiger partial charge is 0.334 e. The average molecular weight is 448 g/mol. The lowest BCUT2D eigenvalue weighted by Crippen LogP contribution is -2.25. The van der Waals surface area contributed by atoms with Gasteiger partial charge in [0.15, 0.2) is 0 Å². The molecule has 0 atom stereocenters. The van der Waals surface area contributed by atoms with Crippen molar-refractivity contribution in [3.63, 3.8) is 0 Å². The predicted octanol–water partition coefficient (Wildman–Crippen LogP) is 6.02. The van der Waals surface area contributed by atoms with Crippen LogP contribution < -0.4 is 0 Å². The lowest BCUT2D eigenvalue weighted by Gasteiger charge is -2.14. The third-order valence-electron chi connectivity index (χ3n) is 4.51. The first-order valence-electron chi connectivity index (χ1n) is 8.97. The summed E-state index contributed by atoms with van der Waals surface area (Å²) in [5, 5.41) is 1.34. The maximum Gasteiger partial charge on any atom is 0.416 e. The van der Waals surface area contributed by atoms with E-state index in [2.05, 4.69) is 9.97 Å². The minimum absolute atomic E-state index is 0.192. The van der Waals surface area contributed by atoms with Gasteiger partial charge in [0.2, 0.25) is 0 Å². The lowest BCUT2D eigenvalue weighted by atomic mass is 10.1. The maximum absolute atomic E-state index is 12.9. The van der Waals surface area contributed by atoms with Crippen LogP contribution in [-0.4, -0.2) is 27.8 Å². The van der Waals surface area contributed by atoms with Gasteiger partial charge in [-0.15, -0.1) is 22.7 Å². The third kappa shape index (κ3) is 4.08. The van der Waals surface area contributed by atoms with Gasteiger partial charge in [-0.2, -0.15) is 13.2 Å². The number of thiazole rings is 2. The summed E-state index contributed by atoms with van der Waals surface area (Å²) in [7, 11) is 1.70. The van der Waals surface area contributed by atoms with Crippen molar-refractivity contribution in [2.24, 2.45) is 0 Å². The molecule has 0 fully saturated rings. The van der Waals surface area contributed by atoms with E-state index in [4.69, 9.17) is 0 Å². The van der Waals surface area contributed by atoms with Crippen LogP contribution in [0.5, 0.6) is 0 Å². The number of hydrogen-bond donors (Lipinski definition) is 0. The van der Waals surface area contributed by atoms with Crippen molar-refractivity contribution in [1.82, 2.24) is 14.9 Å². The number of fused-ring (bicyclic) bond motifs is 1. The number of amides is 1. The number of nitrogens with zero attached hydrogens (tertiary/aromatic N) is 3. The normalized spacial score (nSPS) is 11.8. The Morgan fingerprint density at radius 1 is 1.03 bits per heavy atom. The van der Waals surface area contributed by atoms with Crippen molar-refractivity contribution in [3.8, 4) is 10.6 Å². The Morgan fingerprint density at radius 2 is 1.73 bits per heavy atom. The summed E-state index contributed by atoms with van der Waals surface area (Å²) >= 11 is 2.72. The molecule has 30 heavy (non-hydrogen) atoms. The molecule has 0 saturated heterocycles. The second kappa shape index (κ2) is 7.81. The van der Waals surface area contributed by atoms with Crippen LogP contribution in [0.15, 0.2) is 48.5 Å². The Bertz CT molecular complexity index is 1180. The first kappa shape index (κ1) is 20.5. The highest BCUT2D eigenvalue weighted by Crippen LogP contribution is 2.33. The maximum atomic E-state index is 12.9. The van der Waals surface area contributed by atoms with Crippen molar-refractivity contribution in [1.29, 1.82) is 0 Å². The highest BCUT2D eigenvalue weighted by Gasteiger charge is 2.30. The largest absolute Gasteiger partial charge is 0.416 e. The van der Waals surface area contributed by atoms with Crippen molar-refractivity contribution >= 4 is 38.8 Å². The Hall–Kier alpha value is -2.78. The molecule has 0 aliphatic carbocycles. The van der Waals surface area contributed by atoms with Crippen LogP contribution in [0, 0.1) is 6.92 Å². The van der Waals surface area contributed by atoms with Crippen molar-refractivity contribution in [2.45, 2.75) is 19.6 Å². The van der Waals surface area contributed by atoms with Crippen LogP contribution >= 0.6 is 22.7 Å². The number of benzene rings is 2. The summed E-state index contributed by atoms with van der Waals surface area (Å²) < 4.78 is 39.4. The summed E-state index contributed by atoms with van der Waals surface area (Å²) in [6, 6.07) is 12.6. The fourth-order valence-corrected chi connectivity index (χ4v) is 5.04. The molecule has 4 nitrogen and oxygen atoms in total. The number of aryl methyl sites for hydroxylation is 1. The molecule has 2 aromatic carbocycles. The Balaban J connectivity index is 1.53. The SMILES string of the molecule is Cc1nc(-c2ccc(C(F)(F)F)cc2)sc1C(=O)N(C)Cc1nc2ccccc2s1. The Morgan fingerprint density at radius 3 is 2.40 bits per heavy atom. The van der Waals surface area contributed by atoms with Gasteiger partial charge < -0.3 is 4.90 Å². The summed E-state index contributed by atoms with van der Waals surface area (Å²) in [5.74, 6) is -0.192. The third-order valence-corrected chi connectivity index (χ3v) is 6.72. The zero-order valence-electron chi connectivity index (χ0n) is 16.0. The molecule has 4 aromatic rings. The number of para-hydroxylation sites is 1. The molecule has 0 radical (unpaired) electrons. The van der Waals surface area contributed by atoms with E-state index in [1.807, 2.05) is 24.3 Å². The van der Waals surface area contributed by atoms with E-state index in [0.29, 0.717) is 27.7 Å². The fraction of sp³-hybridized carbons (Fsp3) is 0.190. The van der Waals surface area contributed by atoms with Crippen LogP contribution in [0.3, 0.4) is 0 Å². The van der Waals surface area contributed by atoms with E-state index < -0.39 is 11.7 Å². The molecular weight excluding hydrogens is 431 g/mol. The van der Waals surface area contributed by atoms with Gasteiger partial charge in [0.25, 0.3) is 5.91 Å². The topological polar surface area (TPSA) is 46.1 Å². The molecule has 1 amide bonds. The van der Waals surface area contributed by atoms with Gasteiger partial charge in [-0.05, 0) is 31.2 Å². The summed E-state index contributed by atoms with van der Waals surface area (Å²) in [4.78, 5) is 23.9. The molecule has 9 heteroatoms. The summed E-state index contributed by atoms with van der Waals surface area (Å²) in [5.41, 5.74) is 1.28. The van der Waals surface area contributed by atoms with E-state index in [1.165, 1.54) is 34.8 Å². The van der Waals surface area contributed by atoms with Crippen LogP contribution in [0.4, 0.5) is 13.2 Å². The zero-order valence-corrected chi connectivity index (χ0v) is 17.7. The number of rotatable bonds is 4. The predicted molar refractivity (Wildman–Crippen MR) is 113 cm³/mol. The number of hydrogen-bond acceptors (Lipinski definition) is 5. The van der Waals surface area contributed by atoms with Gasteiger partial charge in [-0.3, -0.25) is 4.79 Å². The van der Waals surface area contributed by atoms with Crippen LogP contribution in [-0.2, 0) is 12.7 Å². The van der Waals surface area contributed by atoms with Gasteiger partial charge in [-0.1, -0.05) is 24.3 Å². The molecule has 0 unspecified atom stereocenters. The van der Waals surface area contributed by atoms with Crippen molar-refractivity contribution in [3.05, 3.63) is 69.7 Å². The van der Waals surface area contributed by atoms with Gasteiger partial charge in [-0.25, -0.2) is 9.97 Å². The summed E-state index contributed by atoms with van der Waals surface area (Å²) in [6.07, 6.45) is -4.39. The first-order chi connectivity index (χ1) is 14.2. The van der Waals surface area contributed by atoms with E-state index in [0.717, 1.165) is 27.4 Å². The average Bonchev–Trinajstić information content (AvgIpc) is 3.29. The minimum atomic E-state index is -4.39. The number of aromatic nitrogens is 2. The van der Waals surface area contributed by atoms with E-state index in [9.17, 15) is 18.0 Å². The molecule has 0 aliphatic heterocycles. The quantitative estimate of drug-likeness (QED) is 0.384. The molecule has 0 N–H and O–H groups in total. The number of alkyl halides is 3. The van der Waals surface area contributed by atoms with Gasteiger partial charge >= 0.3 is 6.18 Å². The summed E-state index contributed by atoms with van der Waals surface area (Å²) in [6.45, 7) is 2.09. The number of carbonyl (C=O) groups is 1. The van der Waals surface area contributed by atoms with Crippen molar-refractivity contribution < 1.29 is 18.0 Å². The highest BCUT2D eigenvalue weighted by atomic mass is 32.1. The van der Waals surface area contributed by atoms with Crippen LogP contribution in [0.2, 0.25) is 0 Å². The molecular formula is C21H16F3N3OS2. The van der Waals surface area contributed by atoms with Crippen molar-refractivity contribution in [2.75, 3.05) is 7.05 Å².